The number of rotatable bonds is 18. The Kier molecular flexibility index (Phi) is 13.9. The Hall–Kier alpha value is -5.60. The molecule has 2 N–H and O–H groups in total. The van der Waals surface area contributed by atoms with Crippen LogP contribution < -0.4 is 18.9 Å². The third-order valence-electron chi connectivity index (χ3n) is 13.6. The molecule has 13 nitrogen and oxygen atoms in total. The average Bonchev–Trinajstić information content (AvgIpc) is 3.81. The maximum atomic E-state index is 14.4. The molecule has 65 heavy (non-hydrogen) atoms. The number of methoxy groups -OCH3 is 1. The lowest BCUT2D eigenvalue weighted by atomic mass is 9.55. The van der Waals surface area contributed by atoms with Gasteiger partial charge in [0.2, 0.25) is 18.9 Å². The zero-order valence-corrected chi connectivity index (χ0v) is 37.1. The number of carbonyl (C=O) groups excluding carboxylic acids is 1. The van der Waals surface area contributed by atoms with E-state index in [1.807, 2.05) is 54.6 Å². The van der Waals surface area contributed by atoms with Gasteiger partial charge >= 0.3 is 6.09 Å². The summed E-state index contributed by atoms with van der Waals surface area (Å²) in [7, 11) is 1.38. The quantitative estimate of drug-likeness (QED) is 0.0559. The summed E-state index contributed by atoms with van der Waals surface area (Å²) in [6.07, 6.45) is 10.3. The van der Waals surface area contributed by atoms with Crippen molar-refractivity contribution in [3.63, 3.8) is 0 Å². The van der Waals surface area contributed by atoms with Crippen molar-refractivity contribution in [2.24, 2.45) is 22.9 Å². The fourth-order valence-corrected chi connectivity index (χ4v) is 10.7. The molecule has 1 amide bonds. The van der Waals surface area contributed by atoms with Crippen LogP contribution >= 0.6 is 0 Å². The maximum absolute atomic E-state index is 14.4. The normalized spacial score (nSPS) is 25.8. The van der Waals surface area contributed by atoms with Crippen LogP contribution in [0.5, 0.6) is 28.7 Å². The summed E-state index contributed by atoms with van der Waals surface area (Å²) in [6.45, 7) is 5.20. The van der Waals surface area contributed by atoms with Gasteiger partial charge in [-0.1, -0.05) is 66.5 Å². The van der Waals surface area contributed by atoms with Gasteiger partial charge in [0, 0.05) is 44.1 Å². The summed E-state index contributed by atoms with van der Waals surface area (Å²) in [5.74, 6) is 1.06. The van der Waals surface area contributed by atoms with Gasteiger partial charge < -0.3 is 48.2 Å². The number of benzene rings is 4. The van der Waals surface area contributed by atoms with Crippen LogP contribution in [-0.2, 0) is 25.6 Å². The molecule has 5 aliphatic rings. The molecule has 0 spiro atoms. The largest absolute Gasteiger partial charge is 0.459 e. The highest BCUT2D eigenvalue weighted by atomic mass is 16.8. The highest BCUT2D eigenvalue weighted by molar-refractivity contribution is 6.03. The molecule has 4 aromatic rings. The maximum Gasteiger partial charge on any atom is 0.410 e. The summed E-state index contributed by atoms with van der Waals surface area (Å²) in [5.41, 5.74) is 3.35. The third kappa shape index (κ3) is 9.29. The Morgan fingerprint density at radius 3 is 2.49 bits per heavy atom. The molecule has 1 saturated heterocycles. The molecule has 0 aromatic heterocycles. The number of allylic oxidation sites excluding steroid dienone is 1. The van der Waals surface area contributed by atoms with Crippen LogP contribution in [0.15, 0.2) is 108 Å². The van der Waals surface area contributed by atoms with Crippen molar-refractivity contribution in [3.8, 4) is 28.7 Å². The van der Waals surface area contributed by atoms with Crippen LogP contribution in [0.3, 0.4) is 0 Å². The number of aliphatic hydroxyl groups excluding tert-OH is 2. The first kappa shape index (κ1) is 44.6. The van der Waals surface area contributed by atoms with E-state index in [1.165, 1.54) is 7.11 Å². The van der Waals surface area contributed by atoms with Crippen molar-refractivity contribution >= 4 is 22.6 Å². The number of fused-ring (bicyclic) bond motifs is 4. The van der Waals surface area contributed by atoms with Crippen molar-refractivity contribution in [2.45, 2.75) is 94.8 Å². The second-order valence-corrected chi connectivity index (χ2v) is 17.6. The molecule has 7 unspecified atom stereocenters. The zero-order chi connectivity index (χ0) is 44.8. The number of oxime groups is 1. The molecule has 13 heteroatoms. The molecule has 0 radical (unpaired) electrons. The van der Waals surface area contributed by atoms with Crippen molar-refractivity contribution in [3.05, 3.63) is 114 Å². The SMILES string of the molecule is C=CCOC12Oc3ccc(Oc4ccc5ccccc5c4)cc3C3C(CCCCO)C(CCCCO)C=C(C(=NOC4CCCCO4)CC1N(Cc1ccc4c(c1)OCO4)C(=O)OC)C32. The molecule has 3 aliphatic heterocycles. The van der Waals surface area contributed by atoms with Gasteiger partial charge in [0.15, 0.2) is 11.5 Å². The summed E-state index contributed by atoms with van der Waals surface area (Å²) >= 11 is 0. The lowest BCUT2D eigenvalue weighted by Crippen LogP contribution is -2.70. The van der Waals surface area contributed by atoms with Gasteiger partial charge in [-0.3, -0.25) is 4.90 Å². The molecular formula is C52H60N2O11. The van der Waals surface area contributed by atoms with E-state index >= 15 is 0 Å². The predicted octanol–water partition coefficient (Wildman–Crippen LogP) is 9.79. The fraction of sp³-hybridized carbons (Fsp3) is 0.462. The standard InChI is InChI=1S/C52H60N2O11/c1-3-25-62-52-47(54(51(57)58-2)32-34-17-21-45-46(27-34)61-33-60-45)31-43(53-65-48-16-8-11-26-59-48)41-29-37(14-6-9-23-55)40(15-7-10-24-56)49(50(41)52)42-30-39(20-22-44(42)64-52)63-38-19-18-35-12-4-5-13-36(35)28-38/h3-5,12-13,17-22,27-30,37,40,47-50,55-56H,1,6-11,14-16,23-26,31-33H2,2H3. The highest BCUT2D eigenvalue weighted by Crippen LogP contribution is 2.62. The van der Waals surface area contributed by atoms with Gasteiger partial charge in [-0.05, 0) is 115 Å². The topological polar surface area (TPSA) is 147 Å². The molecule has 0 bridgehead atoms. The van der Waals surface area contributed by atoms with E-state index < -0.39 is 30.1 Å². The molecular weight excluding hydrogens is 829 g/mol. The molecule has 3 heterocycles. The third-order valence-corrected chi connectivity index (χ3v) is 13.6. The average molecular weight is 889 g/mol. The summed E-state index contributed by atoms with van der Waals surface area (Å²) in [4.78, 5) is 22.4. The van der Waals surface area contributed by atoms with Crippen LogP contribution in [0.4, 0.5) is 4.79 Å². The van der Waals surface area contributed by atoms with Crippen LogP contribution in [-0.4, -0.2) is 85.4 Å². The van der Waals surface area contributed by atoms with E-state index in [9.17, 15) is 15.0 Å². The van der Waals surface area contributed by atoms with Crippen LogP contribution in [0.25, 0.3) is 10.8 Å². The van der Waals surface area contributed by atoms with Gasteiger partial charge in [0.25, 0.3) is 0 Å². The van der Waals surface area contributed by atoms with Gasteiger partial charge in [0.1, 0.15) is 23.3 Å². The van der Waals surface area contributed by atoms with E-state index in [1.54, 1.807) is 11.0 Å². The van der Waals surface area contributed by atoms with Crippen molar-refractivity contribution in [2.75, 3.05) is 40.3 Å². The van der Waals surface area contributed by atoms with E-state index in [2.05, 4.69) is 36.9 Å². The van der Waals surface area contributed by atoms with Gasteiger partial charge in [-0.2, -0.15) is 0 Å². The Balaban J connectivity index is 1.22. The number of amides is 1. The summed E-state index contributed by atoms with van der Waals surface area (Å²) < 4.78 is 44.2. The molecule has 4 aromatic carbocycles. The minimum Gasteiger partial charge on any atom is -0.459 e. The Bertz CT molecular complexity index is 2380. The smallest absolute Gasteiger partial charge is 0.410 e. The minimum absolute atomic E-state index is 0.0299. The first-order valence-corrected chi connectivity index (χ1v) is 23.2. The van der Waals surface area contributed by atoms with E-state index in [0.717, 1.165) is 66.0 Å². The number of carbonyl (C=O) groups is 1. The van der Waals surface area contributed by atoms with Crippen LogP contribution in [0, 0.1) is 17.8 Å². The number of hydrogen-bond acceptors (Lipinski definition) is 12. The van der Waals surface area contributed by atoms with Crippen LogP contribution in [0.2, 0.25) is 0 Å². The number of nitrogens with zero attached hydrogens (tertiary/aromatic N) is 2. The predicted molar refractivity (Wildman–Crippen MR) is 244 cm³/mol. The van der Waals surface area contributed by atoms with Gasteiger partial charge in [-0.25, -0.2) is 4.79 Å². The monoisotopic (exact) mass is 888 g/mol. The summed E-state index contributed by atoms with van der Waals surface area (Å²) in [6, 6.07) is 25.1. The molecule has 9 rings (SSSR count). The van der Waals surface area contributed by atoms with E-state index in [4.69, 9.17) is 43.2 Å². The molecule has 7 atom stereocenters. The number of aliphatic hydroxyl groups is 2. The lowest BCUT2D eigenvalue weighted by Gasteiger charge is -2.59. The van der Waals surface area contributed by atoms with Crippen molar-refractivity contribution in [1.29, 1.82) is 0 Å². The fourth-order valence-electron chi connectivity index (χ4n) is 10.7. The Morgan fingerprint density at radius 1 is 0.908 bits per heavy atom. The lowest BCUT2D eigenvalue weighted by molar-refractivity contribution is -0.256. The van der Waals surface area contributed by atoms with E-state index in [0.29, 0.717) is 60.3 Å². The number of unbranched alkanes of at least 4 members (excludes halogenated alkanes) is 2. The first-order chi connectivity index (χ1) is 31.9. The molecule has 1 saturated carbocycles. The molecule has 344 valence electrons. The minimum atomic E-state index is -1.48. The highest BCUT2D eigenvalue weighted by Gasteiger charge is 2.65. The van der Waals surface area contributed by atoms with Gasteiger partial charge in [0.05, 0.1) is 32.0 Å². The van der Waals surface area contributed by atoms with Crippen molar-refractivity contribution in [1.82, 2.24) is 4.90 Å². The second-order valence-electron chi connectivity index (χ2n) is 17.6. The second kappa shape index (κ2) is 20.3. The number of hydrogen-bond donors (Lipinski definition) is 2. The van der Waals surface area contributed by atoms with Crippen LogP contribution in [0.1, 0.15) is 81.3 Å². The Labute approximate surface area is 380 Å². The van der Waals surface area contributed by atoms with Gasteiger partial charge in [-0.15, -0.1) is 6.58 Å². The zero-order valence-electron chi connectivity index (χ0n) is 37.1. The number of ether oxygens (including phenoxy) is 7. The van der Waals surface area contributed by atoms with Crippen molar-refractivity contribution < 1.29 is 53.0 Å². The Morgan fingerprint density at radius 2 is 1.69 bits per heavy atom. The first-order valence-electron chi connectivity index (χ1n) is 23.2. The molecule has 2 fully saturated rings. The molecule has 2 aliphatic carbocycles. The van der Waals surface area contributed by atoms with E-state index in [-0.39, 0.29) is 57.3 Å². The summed E-state index contributed by atoms with van der Waals surface area (Å²) in [5, 5.41) is 27.2.